The minimum absolute atomic E-state index is 0.384. The van der Waals surface area contributed by atoms with E-state index in [1.165, 1.54) is 0 Å². The monoisotopic (exact) mass is 298 g/mol. The maximum absolute atomic E-state index is 11.1. The van der Waals surface area contributed by atoms with Crippen LogP contribution in [0.2, 0.25) is 0 Å². The molecule has 0 atom stereocenters. The third-order valence-electron chi connectivity index (χ3n) is 2.00. The molecule has 0 aliphatic rings. The Hall–Kier alpha value is -3.64. The Bertz CT molecular complexity index is 618. The van der Waals surface area contributed by atoms with E-state index in [4.69, 9.17) is 0 Å². The molecule has 2 N–H and O–H groups in total. The summed E-state index contributed by atoms with van der Waals surface area (Å²) in [5.41, 5.74) is -3.26. The quantitative estimate of drug-likeness (QED) is 0.588. The topological polar surface area (TPSA) is 195 Å². The van der Waals surface area contributed by atoms with Crippen LogP contribution in [-0.4, -0.2) is 25.1 Å². The van der Waals surface area contributed by atoms with Crippen LogP contribution in [0.3, 0.4) is 0 Å². The minimum Gasteiger partial charge on any atom is -0.863 e. The number of nitrogens with zero attached hydrogens (tertiary/aromatic N) is 4. The second-order valence-corrected chi connectivity index (χ2v) is 3.29. The van der Waals surface area contributed by atoms with Crippen LogP contribution in [0.5, 0.6) is 5.75 Å². The normalized spacial score (nSPS) is 9.33. The number of rotatable bonds is 3. The van der Waals surface area contributed by atoms with Crippen molar-refractivity contribution in [1.29, 1.82) is 0 Å². The summed E-state index contributed by atoms with van der Waals surface area (Å²) in [6, 6.07) is 0.769. The number of aromatic nitrogens is 3. The van der Waals surface area contributed by atoms with Gasteiger partial charge >= 0.3 is 0 Å². The van der Waals surface area contributed by atoms with Gasteiger partial charge in [0, 0.05) is 5.10 Å². The van der Waals surface area contributed by atoms with Crippen LogP contribution < -0.4 is 10.2 Å². The summed E-state index contributed by atoms with van der Waals surface area (Å²) in [6.07, 6.45) is 3.35. The predicted molar refractivity (Wildman–Crippen MR) is 61.0 cm³/mol. The minimum atomic E-state index is -1.46. The van der Waals surface area contributed by atoms with Gasteiger partial charge in [-0.1, -0.05) is 5.21 Å². The molecular formula is C8H6N6O7. The third-order valence-corrected chi connectivity index (χ3v) is 2.00. The van der Waals surface area contributed by atoms with Gasteiger partial charge in [0.15, 0.2) is 6.20 Å². The summed E-state index contributed by atoms with van der Waals surface area (Å²) in [6.45, 7) is 0. The van der Waals surface area contributed by atoms with E-state index >= 15 is 0 Å². The highest BCUT2D eigenvalue weighted by atomic mass is 16.6. The van der Waals surface area contributed by atoms with Crippen molar-refractivity contribution in [2.75, 3.05) is 0 Å². The maximum Gasteiger partial charge on any atom is 0.283 e. The zero-order valence-corrected chi connectivity index (χ0v) is 9.96. The lowest BCUT2D eigenvalue weighted by molar-refractivity contribution is -0.454. The summed E-state index contributed by atoms with van der Waals surface area (Å²) in [7, 11) is 0. The smallest absolute Gasteiger partial charge is 0.283 e. The summed E-state index contributed by atoms with van der Waals surface area (Å²) < 4.78 is 0. The number of benzene rings is 1. The molecule has 13 heteroatoms. The average molecular weight is 298 g/mol. The third kappa shape index (κ3) is 3.91. The van der Waals surface area contributed by atoms with Gasteiger partial charge in [0.2, 0.25) is 6.20 Å². The van der Waals surface area contributed by atoms with E-state index in [2.05, 4.69) is 15.4 Å². The van der Waals surface area contributed by atoms with E-state index in [1.54, 1.807) is 12.4 Å². The Labute approximate surface area is 114 Å². The van der Waals surface area contributed by atoms with E-state index < -0.39 is 37.6 Å². The summed E-state index contributed by atoms with van der Waals surface area (Å²) >= 11 is 0. The van der Waals surface area contributed by atoms with Gasteiger partial charge in [-0.15, -0.1) is 0 Å². The number of nitro groups is 3. The SMILES string of the molecule is O=[N+]([O-])c1cc([N+](=O)[O-])c([O-])c([N+](=O)[O-])c1.c1c[nH+][nH]n1. The first kappa shape index (κ1) is 15.4. The zero-order chi connectivity index (χ0) is 16.0. The van der Waals surface area contributed by atoms with Crippen molar-refractivity contribution in [1.82, 2.24) is 10.3 Å². The first-order valence-electron chi connectivity index (χ1n) is 4.98. The van der Waals surface area contributed by atoms with Crippen LogP contribution in [0.1, 0.15) is 0 Å². The zero-order valence-electron chi connectivity index (χ0n) is 9.96. The molecule has 0 amide bonds. The van der Waals surface area contributed by atoms with Crippen molar-refractivity contribution in [2.24, 2.45) is 0 Å². The van der Waals surface area contributed by atoms with E-state index in [1.807, 2.05) is 0 Å². The van der Waals surface area contributed by atoms with Gasteiger partial charge < -0.3 is 5.11 Å². The van der Waals surface area contributed by atoms with Crippen molar-refractivity contribution < 1.29 is 25.0 Å². The Balaban J connectivity index is 0.000000369. The fraction of sp³-hybridized carbons (Fsp3) is 0. The lowest BCUT2D eigenvalue weighted by atomic mass is 10.2. The maximum atomic E-state index is 11.1. The van der Waals surface area contributed by atoms with Gasteiger partial charge in [-0.2, -0.15) is 5.10 Å². The molecule has 0 saturated heterocycles. The molecule has 0 spiro atoms. The van der Waals surface area contributed by atoms with E-state index in [9.17, 15) is 35.4 Å². The van der Waals surface area contributed by atoms with Gasteiger partial charge in [0.25, 0.3) is 17.1 Å². The lowest BCUT2D eigenvalue weighted by Crippen LogP contribution is -2.04. The van der Waals surface area contributed by atoms with E-state index in [0.29, 0.717) is 12.1 Å². The van der Waals surface area contributed by atoms with Crippen LogP contribution in [0.25, 0.3) is 0 Å². The van der Waals surface area contributed by atoms with E-state index in [0.717, 1.165) is 0 Å². The fourth-order valence-electron chi connectivity index (χ4n) is 1.15. The summed E-state index contributed by atoms with van der Waals surface area (Å²) in [4.78, 5) is 27.5. The summed E-state index contributed by atoms with van der Waals surface area (Å²) in [5, 5.41) is 50.8. The first-order valence-corrected chi connectivity index (χ1v) is 4.98. The van der Waals surface area contributed by atoms with Crippen LogP contribution in [0.4, 0.5) is 17.1 Å². The van der Waals surface area contributed by atoms with Crippen molar-refractivity contribution >= 4 is 17.1 Å². The fourth-order valence-corrected chi connectivity index (χ4v) is 1.15. The Morgan fingerprint density at radius 3 is 1.76 bits per heavy atom. The molecule has 110 valence electrons. The van der Waals surface area contributed by atoms with Gasteiger partial charge in [0.05, 0.1) is 32.7 Å². The number of hydrogen-bond acceptors (Lipinski definition) is 8. The molecule has 2 aromatic rings. The molecule has 13 nitrogen and oxygen atoms in total. The van der Waals surface area contributed by atoms with Crippen LogP contribution in [0, 0.1) is 30.3 Å². The lowest BCUT2D eigenvalue weighted by Gasteiger charge is -2.06. The second-order valence-electron chi connectivity index (χ2n) is 3.29. The Morgan fingerprint density at radius 1 is 1.00 bits per heavy atom. The molecule has 0 aliphatic heterocycles. The first-order chi connectivity index (χ1) is 9.84. The van der Waals surface area contributed by atoms with Crippen molar-refractivity contribution in [3.63, 3.8) is 0 Å². The molecule has 0 aliphatic carbocycles. The number of H-pyrrole nitrogens is 2. The Kier molecular flexibility index (Phi) is 4.78. The number of nitrogens with one attached hydrogen (secondary N) is 2. The van der Waals surface area contributed by atoms with Crippen LogP contribution in [0.15, 0.2) is 24.5 Å². The Morgan fingerprint density at radius 2 is 1.52 bits per heavy atom. The summed E-state index contributed by atoms with van der Waals surface area (Å²) in [5.74, 6) is -1.46. The molecule has 1 aromatic heterocycles. The van der Waals surface area contributed by atoms with Crippen molar-refractivity contribution in [2.45, 2.75) is 0 Å². The van der Waals surface area contributed by atoms with Gasteiger partial charge in [0.1, 0.15) is 0 Å². The molecule has 2 rings (SSSR count). The van der Waals surface area contributed by atoms with E-state index in [-0.39, 0.29) is 0 Å². The number of nitro benzene ring substituents is 3. The predicted octanol–water partition coefficient (Wildman–Crippen LogP) is -0.291. The highest BCUT2D eigenvalue weighted by Crippen LogP contribution is 2.36. The molecule has 1 heterocycles. The molecule has 0 fully saturated rings. The number of hydrogen-bond donors (Lipinski definition) is 1. The van der Waals surface area contributed by atoms with Crippen molar-refractivity contribution in [3.8, 4) is 5.75 Å². The van der Waals surface area contributed by atoms with Crippen LogP contribution >= 0.6 is 0 Å². The van der Waals surface area contributed by atoms with Gasteiger partial charge in [-0.05, 0) is 0 Å². The molecule has 0 saturated carbocycles. The molecule has 1 aromatic carbocycles. The second kappa shape index (κ2) is 6.50. The van der Waals surface area contributed by atoms with Gasteiger partial charge in [-0.25, -0.2) is 0 Å². The molecular weight excluding hydrogens is 292 g/mol. The molecule has 0 bridgehead atoms. The highest BCUT2D eigenvalue weighted by molar-refractivity contribution is 5.63. The average Bonchev–Trinajstić information content (AvgIpc) is 2.96. The number of non-ortho nitro benzene ring substituents is 1. The molecule has 0 radical (unpaired) electrons. The molecule has 21 heavy (non-hydrogen) atoms. The molecule has 0 unspecified atom stereocenters. The van der Waals surface area contributed by atoms with Crippen molar-refractivity contribution in [3.05, 3.63) is 54.9 Å². The van der Waals surface area contributed by atoms with Crippen LogP contribution in [-0.2, 0) is 0 Å². The largest absolute Gasteiger partial charge is 0.863 e. The number of aromatic amines is 2. The van der Waals surface area contributed by atoms with Gasteiger partial charge in [-0.3, -0.25) is 30.3 Å². The highest BCUT2D eigenvalue weighted by Gasteiger charge is 2.24. The standard InChI is InChI=1S/C6H3N3O7.C2H3N3/c10-6-4(8(13)14)1-3(7(11)12)2-5(6)9(15)16;1-2-4-5-3-1/h1-2,10H;1-2H,(H,3,4,5).